The number of rotatable bonds is 5. The van der Waals surface area contributed by atoms with Gasteiger partial charge in [0.1, 0.15) is 0 Å². The first-order valence-corrected chi connectivity index (χ1v) is 8.97. The van der Waals surface area contributed by atoms with Gasteiger partial charge in [-0.05, 0) is 37.0 Å². The van der Waals surface area contributed by atoms with Crippen LogP contribution in [0.5, 0.6) is 0 Å². The van der Waals surface area contributed by atoms with Crippen LogP contribution < -0.4 is 10.5 Å². The molecule has 0 radical (unpaired) electrons. The third-order valence-electron chi connectivity index (χ3n) is 4.30. The van der Waals surface area contributed by atoms with Gasteiger partial charge in [-0.2, -0.15) is 0 Å². The highest BCUT2D eigenvalue weighted by Gasteiger charge is 2.39. The van der Waals surface area contributed by atoms with Gasteiger partial charge in [0.15, 0.2) is 0 Å². The topological polar surface area (TPSA) is 89.3 Å². The average molecular weight is 310 g/mol. The lowest BCUT2D eigenvalue weighted by molar-refractivity contribution is -0.125. The number of hydrogen-bond acceptors (Lipinski definition) is 3. The third kappa shape index (κ3) is 4.04. The van der Waals surface area contributed by atoms with Crippen LogP contribution in [-0.4, -0.2) is 14.3 Å². The Bertz CT molecular complexity index is 602. The van der Waals surface area contributed by atoms with E-state index < -0.39 is 10.0 Å². The molecule has 1 amide bonds. The predicted molar refractivity (Wildman–Crippen MR) is 83.1 cm³/mol. The number of nitrogens with two attached hydrogens (primary N) is 1. The van der Waals surface area contributed by atoms with E-state index in [0.29, 0.717) is 11.3 Å². The summed E-state index contributed by atoms with van der Waals surface area (Å²) < 4.78 is 22.1. The number of benzene rings is 1. The average Bonchev–Trinajstić information content (AvgIpc) is 2.89. The third-order valence-corrected chi connectivity index (χ3v) is 5.03. The van der Waals surface area contributed by atoms with E-state index in [1.54, 1.807) is 24.3 Å². The second-order valence-electron chi connectivity index (χ2n) is 5.80. The maximum atomic E-state index is 12.5. The SMILES string of the molecule is CCC1(C(=O)Nc2ccc(CS(N)(=O)=O)cc2)CCCC1. The van der Waals surface area contributed by atoms with Crippen molar-refractivity contribution in [1.29, 1.82) is 0 Å². The zero-order chi connectivity index (χ0) is 15.5. The maximum absolute atomic E-state index is 12.5. The van der Waals surface area contributed by atoms with Crippen LogP contribution in [0.15, 0.2) is 24.3 Å². The van der Waals surface area contributed by atoms with E-state index >= 15 is 0 Å². The number of nitrogens with one attached hydrogen (secondary N) is 1. The number of primary sulfonamides is 1. The first kappa shape index (κ1) is 16.0. The molecular formula is C15H22N2O3S. The van der Waals surface area contributed by atoms with Gasteiger partial charge in [-0.3, -0.25) is 4.79 Å². The Hall–Kier alpha value is -1.40. The number of sulfonamides is 1. The summed E-state index contributed by atoms with van der Waals surface area (Å²) in [6, 6.07) is 6.79. The van der Waals surface area contributed by atoms with Crippen molar-refractivity contribution in [2.24, 2.45) is 10.6 Å². The minimum absolute atomic E-state index is 0.0710. The molecule has 21 heavy (non-hydrogen) atoms. The highest BCUT2D eigenvalue weighted by atomic mass is 32.2. The molecule has 0 spiro atoms. The van der Waals surface area contributed by atoms with Crippen LogP contribution in [-0.2, 0) is 20.6 Å². The molecule has 1 aliphatic carbocycles. The number of hydrogen-bond donors (Lipinski definition) is 2. The van der Waals surface area contributed by atoms with Crippen LogP contribution >= 0.6 is 0 Å². The van der Waals surface area contributed by atoms with Crippen molar-refractivity contribution in [1.82, 2.24) is 0 Å². The van der Waals surface area contributed by atoms with Crippen molar-refractivity contribution in [3.05, 3.63) is 29.8 Å². The van der Waals surface area contributed by atoms with Gasteiger partial charge in [0.2, 0.25) is 15.9 Å². The fourth-order valence-corrected chi connectivity index (χ4v) is 3.63. The lowest BCUT2D eigenvalue weighted by atomic mass is 9.82. The molecule has 1 aromatic rings. The second-order valence-corrected chi connectivity index (χ2v) is 7.41. The Labute approximate surface area is 126 Å². The summed E-state index contributed by atoms with van der Waals surface area (Å²) in [6.45, 7) is 2.06. The van der Waals surface area contributed by atoms with Crippen LogP contribution in [0.3, 0.4) is 0 Å². The summed E-state index contributed by atoms with van der Waals surface area (Å²) in [5.41, 5.74) is 1.07. The molecule has 1 saturated carbocycles. The zero-order valence-electron chi connectivity index (χ0n) is 12.3. The number of carbonyl (C=O) groups is 1. The van der Waals surface area contributed by atoms with Gasteiger partial charge < -0.3 is 5.32 Å². The standard InChI is InChI=1S/C15H22N2O3S/c1-2-15(9-3-4-10-15)14(18)17-13-7-5-12(6-8-13)11-21(16,19)20/h5-8H,2-4,9-11H2,1H3,(H,17,18)(H2,16,19,20). The monoisotopic (exact) mass is 310 g/mol. The molecule has 1 aromatic carbocycles. The summed E-state index contributed by atoms with van der Waals surface area (Å²) in [7, 11) is -3.53. The van der Waals surface area contributed by atoms with E-state index in [1.165, 1.54) is 0 Å². The van der Waals surface area contributed by atoms with Crippen LogP contribution in [0.25, 0.3) is 0 Å². The summed E-state index contributed by atoms with van der Waals surface area (Å²) >= 11 is 0. The lowest BCUT2D eigenvalue weighted by Gasteiger charge is -2.26. The molecule has 0 aromatic heterocycles. The van der Waals surface area contributed by atoms with Crippen molar-refractivity contribution >= 4 is 21.6 Å². The smallest absolute Gasteiger partial charge is 0.230 e. The molecule has 0 aliphatic heterocycles. The van der Waals surface area contributed by atoms with Crippen LogP contribution in [0.4, 0.5) is 5.69 Å². The Balaban J connectivity index is 2.05. The van der Waals surface area contributed by atoms with Crippen molar-refractivity contribution in [2.75, 3.05) is 5.32 Å². The van der Waals surface area contributed by atoms with Gasteiger partial charge in [0.25, 0.3) is 0 Å². The van der Waals surface area contributed by atoms with E-state index in [0.717, 1.165) is 32.1 Å². The van der Waals surface area contributed by atoms with Gasteiger partial charge in [-0.15, -0.1) is 0 Å². The molecular weight excluding hydrogens is 288 g/mol. The minimum atomic E-state index is -3.53. The first-order chi connectivity index (χ1) is 9.85. The molecule has 5 nitrogen and oxygen atoms in total. The number of amides is 1. The molecule has 3 N–H and O–H groups in total. The molecule has 2 rings (SSSR count). The molecule has 116 valence electrons. The second kappa shape index (κ2) is 6.15. The molecule has 0 unspecified atom stereocenters. The van der Waals surface area contributed by atoms with Crippen molar-refractivity contribution in [3.8, 4) is 0 Å². The number of anilines is 1. The van der Waals surface area contributed by atoms with E-state index in [9.17, 15) is 13.2 Å². The molecule has 6 heteroatoms. The molecule has 0 saturated heterocycles. The van der Waals surface area contributed by atoms with E-state index in [4.69, 9.17) is 5.14 Å². The van der Waals surface area contributed by atoms with E-state index in [2.05, 4.69) is 12.2 Å². The fourth-order valence-electron chi connectivity index (χ4n) is 2.97. The summed E-state index contributed by atoms with van der Waals surface area (Å²) in [5.74, 6) is -0.123. The highest BCUT2D eigenvalue weighted by molar-refractivity contribution is 7.88. The molecule has 0 bridgehead atoms. The van der Waals surface area contributed by atoms with Crippen LogP contribution in [0, 0.1) is 5.41 Å². The Morgan fingerprint density at radius 2 is 1.81 bits per heavy atom. The first-order valence-electron chi connectivity index (χ1n) is 7.25. The highest BCUT2D eigenvalue weighted by Crippen LogP contribution is 2.41. The van der Waals surface area contributed by atoms with Gasteiger partial charge in [0, 0.05) is 11.1 Å². The predicted octanol–water partition coefficient (Wildman–Crippen LogP) is 2.38. The zero-order valence-corrected chi connectivity index (χ0v) is 13.1. The summed E-state index contributed by atoms with van der Waals surface area (Å²) in [4.78, 5) is 12.5. The van der Waals surface area contributed by atoms with Crippen LogP contribution in [0.1, 0.15) is 44.6 Å². The lowest BCUT2D eigenvalue weighted by Crippen LogP contribution is -2.33. The van der Waals surface area contributed by atoms with Crippen molar-refractivity contribution in [3.63, 3.8) is 0 Å². The minimum Gasteiger partial charge on any atom is -0.326 e. The maximum Gasteiger partial charge on any atom is 0.230 e. The van der Waals surface area contributed by atoms with Gasteiger partial charge in [-0.1, -0.05) is 31.9 Å². The molecule has 0 atom stereocenters. The van der Waals surface area contributed by atoms with Gasteiger partial charge in [0.05, 0.1) is 5.75 Å². The number of carbonyl (C=O) groups excluding carboxylic acids is 1. The molecule has 1 aliphatic rings. The summed E-state index contributed by atoms with van der Waals surface area (Å²) in [6.07, 6.45) is 4.95. The quantitative estimate of drug-likeness (QED) is 0.875. The van der Waals surface area contributed by atoms with Crippen LogP contribution in [0.2, 0.25) is 0 Å². The van der Waals surface area contributed by atoms with E-state index in [1.807, 2.05) is 0 Å². The Morgan fingerprint density at radius 3 is 2.29 bits per heavy atom. The normalized spacial score (nSPS) is 17.6. The van der Waals surface area contributed by atoms with Crippen molar-refractivity contribution < 1.29 is 13.2 Å². The summed E-state index contributed by atoms with van der Waals surface area (Å²) in [5, 5.41) is 7.95. The Kier molecular flexibility index (Phi) is 4.68. The van der Waals surface area contributed by atoms with E-state index in [-0.39, 0.29) is 17.1 Å². The van der Waals surface area contributed by atoms with Gasteiger partial charge >= 0.3 is 0 Å². The molecule has 1 fully saturated rings. The fraction of sp³-hybridized carbons (Fsp3) is 0.533. The van der Waals surface area contributed by atoms with Gasteiger partial charge in [-0.25, -0.2) is 13.6 Å². The Morgan fingerprint density at radius 1 is 1.24 bits per heavy atom. The van der Waals surface area contributed by atoms with Crippen molar-refractivity contribution in [2.45, 2.75) is 44.8 Å². The largest absolute Gasteiger partial charge is 0.326 e. The molecule has 0 heterocycles.